The highest BCUT2D eigenvalue weighted by atomic mass is 16.3. The number of oxazole rings is 1. The molecule has 0 radical (unpaired) electrons. The van der Waals surface area contributed by atoms with Crippen molar-refractivity contribution in [2.45, 2.75) is 58.9 Å². The van der Waals surface area contributed by atoms with Crippen LogP contribution in [0.25, 0.3) is 22.6 Å². The number of hydrogen-bond acceptors (Lipinski definition) is 5. The molecule has 1 aromatic heterocycles. The Labute approximate surface area is 225 Å². The normalized spacial score (nSPS) is 20.0. The van der Waals surface area contributed by atoms with Crippen molar-refractivity contribution in [1.29, 1.82) is 0 Å². The fourth-order valence-corrected chi connectivity index (χ4v) is 5.85. The molecule has 7 nitrogen and oxygen atoms in total. The number of nitrogens with one attached hydrogen (secondary N) is 1. The first-order valence-electron chi connectivity index (χ1n) is 14.2. The SMILES string of the molecule is Cc1ccc(-c2nc3cc(C(=O)N4CCC([C@H](C)C(=O)NCCN5CCCC[C@H]5C)CC4)ccc3o2)cc1. The van der Waals surface area contributed by atoms with Crippen LogP contribution in [0.2, 0.25) is 0 Å². The van der Waals surface area contributed by atoms with E-state index in [0.717, 1.165) is 31.5 Å². The number of nitrogens with zero attached hydrogens (tertiary/aromatic N) is 3. The van der Waals surface area contributed by atoms with Crippen LogP contribution >= 0.6 is 0 Å². The lowest BCUT2D eigenvalue weighted by Gasteiger charge is -2.35. The molecular weight excluding hydrogens is 476 g/mol. The minimum atomic E-state index is -0.0438. The Hall–Kier alpha value is -3.19. The van der Waals surface area contributed by atoms with Crippen molar-refractivity contribution in [3.8, 4) is 11.5 Å². The van der Waals surface area contributed by atoms with Crippen LogP contribution in [0.4, 0.5) is 0 Å². The number of carbonyl (C=O) groups excluding carboxylic acids is 2. The first-order chi connectivity index (χ1) is 18.4. The molecule has 2 atom stereocenters. The van der Waals surface area contributed by atoms with E-state index in [1.165, 1.54) is 24.8 Å². The monoisotopic (exact) mass is 516 g/mol. The highest BCUT2D eigenvalue weighted by Crippen LogP contribution is 2.28. The number of carbonyl (C=O) groups is 2. The molecule has 2 aromatic carbocycles. The van der Waals surface area contributed by atoms with Crippen LogP contribution in [0.1, 0.15) is 61.9 Å². The Morgan fingerprint density at radius 1 is 1.05 bits per heavy atom. The number of piperidine rings is 2. The smallest absolute Gasteiger partial charge is 0.253 e. The van der Waals surface area contributed by atoms with Gasteiger partial charge in [-0.3, -0.25) is 14.5 Å². The first-order valence-corrected chi connectivity index (χ1v) is 14.2. The molecule has 2 saturated heterocycles. The maximum Gasteiger partial charge on any atom is 0.253 e. The van der Waals surface area contributed by atoms with Crippen molar-refractivity contribution >= 4 is 22.9 Å². The zero-order chi connectivity index (χ0) is 26.6. The maximum absolute atomic E-state index is 13.3. The molecule has 0 bridgehead atoms. The summed E-state index contributed by atoms with van der Waals surface area (Å²) in [5, 5.41) is 3.16. The number of aromatic nitrogens is 1. The second kappa shape index (κ2) is 11.7. The molecule has 0 saturated carbocycles. The molecule has 0 unspecified atom stereocenters. The van der Waals surface area contributed by atoms with Gasteiger partial charge in [0.15, 0.2) is 5.58 Å². The molecule has 3 heterocycles. The summed E-state index contributed by atoms with van der Waals surface area (Å²) in [6.45, 7) is 10.5. The van der Waals surface area contributed by atoms with Crippen molar-refractivity contribution in [1.82, 2.24) is 20.1 Å². The predicted octanol–water partition coefficient (Wildman–Crippen LogP) is 5.28. The van der Waals surface area contributed by atoms with Crippen molar-refractivity contribution < 1.29 is 14.0 Å². The van der Waals surface area contributed by atoms with E-state index in [9.17, 15) is 9.59 Å². The molecular formula is C31H40N4O3. The molecule has 2 fully saturated rings. The van der Waals surface area contributed by atoms with Crippen LogP contribution in [0.15, 0.2) is 46.9 Å². The van der Waals surface area contributed by atoms with E-state index >= 15 is 0 Å². The molecule has 1 N–H and O–H groups in total. The van der Waals surface area contributed by atoms with Gasteiger partial charge in [0.1, 0.15) is 5.52 Å². The van der Waals surface area contributed by atoms with Crippen LogP contribution < -0.4 is 5.32 Å². The maximum atomic E-state index is 13.3. The summed E-state index contributed by atoms with van der Waals surface area (Å²) in [6, 6.07) is 14.1. The Kier molecular flexibility index (Phi) is 8.12. The molecule has 202 valence electrons. The third-order valence-corrected chi connectivity index (χ3v) is 8.52. The minimum absolute atomic E-state index is 0.0120. The van der Waals surface area contributed by atoms with Crippen molar-refractivity contribution in [3.05, 3.63) is 53.6 Å². The summed E-state index contributed by atoms with van der Waals surface area (Å²) in [6.07, 6.45) is 5.50. The van der Waals surface area contributed by atoms with E-state index in [1.54, 1.807) is 0 Å². The van der Waals surface area contributed by atoms with E-state index in [1.807, 2.05) is 61.2 Å². The quantitative estimate of drug-likeness (QED) is 0.462. The third kappa shape index (κ3) is 5.93. The number of rotatable bonds is 7. The van der Waals surface area contributed by atoms with Gasteiger partial charge < -0.3 is 14.6 Å². The van der Waals surface area contributed by atoms with E-state index in [2.05, 4.69) is 22.1 Å². The van der Waals surface area contributed by atoms with Crippen LogP contribution in [0.5, 0.6) is 0 Å². The average Bonchev–Trinajstić information content (AvgIpc) is 3.37. The number of likely N-dealkylation sites (tertiary alicyclic amines) is 2. The standard InChI is InChI=1S/C31H40N4O3/c1-21-7-9-25(10-8-21)30-33-27-20-26(11-12-28(27)38-30)31(37)35-17-13-24(14-18-35)23(3)29(36)32-15-19-34-16-5-4-6-22(34)2/h7-12,20,22-24H,4-6,13-19H2,1-3H3,(H,32,36)/t22-,23+/m1/s1. The third-order valence-electron chi connectivity index (χ3n) is 8.52. The van der Waals surface area contributed by atoms with E-state index in [0.29, 0.717) is 54.1 Å². The lowest BCUT2D eigenvalue weighted by Crippen LogP contribution is -2.45. The summed E-state index contributed by atoms with van der Waals surface area (Å²) < 4.78 is 5.93. The number of benzene rings is 2. The summed E-state index contributed by atoms with van der Waals surface area (Å²) in [7, 11) is 0. The summed E-state index contributed by atoms with van der Waals surface area (Å²) in [4.78, 5) is 35.1. The zero-order valence-corrected chi connectivity index (χ0v) is 22.9. The van der Waals surface area contributed by atoms with Gasteiger partial charge in [0.05, 0.1) is 0 Å². The van der Waals surface area contributed by atoms with Gasteiger partial charge in [-0.1, -0.05) is 31.0 Å². The number of amides is 2. The highest BCUT2D eigenvalue weighted by molar-refractivity contribution is 5.97. The van der Waals surface area contributed by atoms with Gasteiger partial charge in [-0.2, -0.15) is 0 Å². The fourth-order valence-electron chi connectivity index (χ4n) is 5.85. The van der Waals surface area contributed by atoms with E-state index < -0.39 is 0 Å². The van der Waals surface area contributed by atoms with Gasteiger partial charge in [0, 0.05) is 49.3 Å². The van der Waals surface area contributed by atoms with Crippen molar-refractivity contribution in [2.75, 3.05) is 32.7 Å². The van der Waals surface area contributed by atoms with E-state index in [-0.39, 0.29) is 17.7 Å². The number of fused-ring (bicyclic) bond motifs is 1. The van der Waals surface area contributed by atoms with Gasteiger partial charge in [-0.15, -0.1) is 0 Å². The lowest BCUT2D eigenvalue weighted by atomic mass is 9.84. The molecule has 2 aliphatic rings. The minimum Gasteiger partial charge on any atom is -0.436 e. The molecule has 5 rings (SSSR count). The topological polar surface area (TPSA) is 78.7 Å². The van der Waals surface area contributed by atoms with Gasteiger partial charge in [-0.05, 0) is 82.3 Å². The molecule has 2 aliphatic heterocycles. The predicted molar refractivity (Wildman–Crippen MR) is 150 cm³/mol. The van der Waals surface area contributed by atoms with Crippen molar-refractivity contribution in [3.63, 3.8) is 0 Å². The summed E-state index contributed by atoms with van der Waals surface area (Å²) in [5.74, 6) is 0.960. The zero-order valence-electron chi connectivity index (χ0n) is 22.9. The Bertz CT molecular complexity index is 1260. The van der Waals surface area contributed by atoms with Crippen LogP contribution in [0.3, 0.4) is 0 Å². The van der Waals surface area contributed by atoms with Gasteiger partial charge >= 0.3 is 0 Å². The summed E-state index contributed by atoms with van der Waals surface area (Å²) in [5.41, 5.74) is 4.08. The van der Waals surface area contributed by atoms with Crippen LogP contribution in [-0.2, 0) is 4.79 Å². The van der Waals surface area contributed by atoms with Gasteiger partial charge in [-0.25, -0.2) is 4.98 Å². The lowest BCUT2D eigenvalue weighted by molar-refractivity contribution is -0.126. The first kappa shape index (κ1) is 26.4. The largest absolute Gasteiger partial charge is 0.436 e. The Morgan fingerprint density at radius 3 is 2.55 bits per heavy atom. The number of aryl methyl sites for hydroxylation is 1. The highest BCUT2D eigenvalue weighted by Gasteiger charge is 2.30. The average molecular weight is 517 g/mol. The van der Waals surface area contributed by atoms with E-state index in [4.69, 9.17) is 4.42 Å². The Balaban J connectivity index is 1.13. The molecule has 7 heteroatoms. The Morgan fingerprint density at radius 2 is 1.82 bits per heavy atom. The second-order valence-electron chi connectivity index (χ2n) is 11.2. The van der Waals surface area contributed by atoms with Crippen molar-refractivity contribution in [2.24, 2.45) is 11.8 Å². The summed E-state index contributed by atoms with van der Waals surface area (Å²) >= 11 is 0. The van der Waals surface area contributed by atoms with Gasteiger partial charge in [0.2, 0.25) is 11.8 Å². The molecule has 38 heavy (non-hydrogen) atoms. The fraction of sp³-hybridized carbons (Fsp3) is 0.516. The van der Waals surface area contributed by atoms with Crippen LogP contribution in [-0.4, -0.2) is 65.4 Å². The van der Waals surface area contributed by atoms with Crippen LogP contribution in [0, 0.1) is 18.8 Å². The molecule has 2 amide bonds. The number of hydrogen-bond donors (Lipinski definition) is 1. The second-order valence-corrected chi connectivity index (χ2v) is 11.2. The molecule has 0 spiro atoms. The molecule has 0 aliphatic carbocycles. The van der Waals surface area contributed by atoms with Gasteiger partial charge in [0.25, 0.3) is 5.91 Å². The molecule has 3 aromatic rings.